The van der Waals surface area contributed by atoms with Crippen LogP contribution in [-0.4, -0.2) is 15.7 Å². The number of amides is 1. The number of nitrogens with one attached hydrogen (secondary N) is 2. The first-order valence-electron chi connectivity index (χ1n) is 10.2. The van der Waals surface area contributed by atoms with Gasteiger partial charge in [-0.15, -0.1) is 0 Å². The Morgan fingerprint density at radius 2 is 1.61 bits per heavy atom. The summed E-state index contributed by atoms with van der Waals surface area (Å²) in [5.74, 6) is 0.484. The molecule has 3 aromatic carbocycles. The van der Waals surface area contributed by atoms with Gasteiger partial charge in [0.1, 0.15) is 11.4 Å². The minimum Gasteiger partial charge on any atom is -0.339 e. The molecule has 1 aliphatic heterocycles. The van der Waals surface area contributed by atoms with Crippen LogP contribution in [0.3, 0.4) is 0 Å². The predicted octanol–water partition coefficient (Wildman–Crippen LogP) is 5.50. The Bertz CT molecular complexity index is 1240. The molecule has 152 valence electrons. The van der Waals surface area contributed by atoms with Crippen molar-refractivity contribution in [2.75, 3.05) is 10.6 Å². The highest BCUT2D eigenvalue weighted by molar-refractivity contribution is 6.08. The third kappa shape index (κ3) is 3.73. The normalized spacial score (nSPS) is 14.9. The number of carbonyl (C=O) groups is 1. The van der Waals surface area contributed by atoms with Crippen LogP contribution < -0.4 is 10.6 Å². The number of aryl methyl sites for hydroxylation is 1. The smallest absolute Gasteiger partial charge is 0.261 e. The fourth-order valence-electron chi connectivity index (χ4n) is 3.77. The Morgan fingerprint density at radius 1 is 0.935 bits per heavy atom. The minimum absolute atomic E-state index is 0.120. The largest absolute Gasteiger partial charge is 0.339 e. The number of hydrogen-bond donors (Lipinski definition) is 2. The van der Waals surface area contributed by atoms with E-state index < -0.39 is 0 Å². The number of carbonyl (C=O) groups excluding carboxylic acids is 1. The molecule has 31 heavy (non-hydrogen) atoms. The van der Waals surface area contributed by atoms with Crippen molar-refractivity contribution in [2.24, 2.45) is 0 Å². The van der Waals surface area contributed by atoms with Gasteiger partial charge in [-0.25, -0.2) is 4.68 Å². The number of allylic oxidation sites excluding steroid dienone is 1. The van der Waals surface area contributed by atoms with Gasteiger partial charge in [-0.3, -0.25) is 4.79 Å². The molecule has 1 aromatic heterocycles. The molecule has 1 aliphatic rings. The predicted molar refractivity (Wildman–Crippen MR) is 124 cm³/mol. The molecule has 1 atom stereocenters. The topological polar surface area (TPSA) is 59.0 Å². The lowest BCUT2D eigenvalue weighted by molar-refractivity contribution is 0.102. The van der Waals surface area contributed by atoms with E-state index in [1.807, 2.05) is 53.2 Å². The van der Waals surface area contributed by atoms with Gasteiger partial charge in [0.15, 0.2) is 0 Å². The van der Waals surface area contributed by atoms with E-state index in [1.165, 1.54) is 5.56 Å². The summed E-state index contributed by atoms with van der Waals surface area (Å²) in [4.78, 5) is 13.1. The van der Waals surface area contributed by atoms with Gasteiger partial charge in [0.25, 0.3) is 5.91 Å². The van der Waals surface area contributed by atoms with Crippen molar-refractivity contribution in [2.45, 2.75) is 13.0 Å². The number of aromatic nitrogens is 2. The molecule has 0 saturated carbocycles. The van der Waals surface area contributed by atoms with E-state index in [1.54, 1.807) is 6.20 Å². The van der Waals surface area contributed by atoms with Gasteiger partial charge in [0, 0.05) is 11.4 Å². The Hall–Kier alpha value is -4.12. The third-order valence-electron chi connectivity index (χ3n) is 5.42. The number of fused-ring (bicyclic) bond motifs is 1. The maximum absolute atomic E-state index is 13.1. The fourth-order valence-corrected chi connectivity index (χ4v) is 3.77. The van der Waals surface area contributed by atoms with Crippen molar-refractivity contribution in [3.8, 4) is 0 Å². The molecule has 0 saturated heterocycles. The van der Waals surface area contributed by atoms with Crippen molar-refractivity contribution in [3.05, 3.63) is 119 Å². The highest BCUT2D eigenvalue weighted by atomic mass is 16.1. The maximum Gasteiger partial charge on any atom is 0.261 e. The summed E-state index contributed by atoms with van der Waals surface area (Å²) in [6.45, 7) is 2.07. The van der Waals surface area contributed by atoms with Crippen molar-refractivity contribution < 1.29 is 4.79 Å². The third-order valence-corrected chi connectivity index (χ3v) is 5.42. The van der Waals surface area contributed by atoms with Crippen LogP contribution in [0.1, 0.15) is 33.1 Å². The lowest BCUT2D eigenvalue weighted by atomic mass is 10.00. The molecule has 0 unspecified atom stereocenters. The molecule has 0 radical (unpaired) electrons. The second-order valence-corrected chi connectivity index (χ2v) is 7.60. The van der Waals surface area contributed by atoms with E-state index in [0.717, 1.165) is 22.5 Å². The molecule has 2 N–H and O–H groups in total. The molecule has 0 fully saturated rings. The summed E-state index contributed by atoms with van der Waals surface area (Å²) < 4.78 is 1.87. The van der Waals surface area contributed by atoms with Crippen LogP contribution in [0.2, 0.25) is 0 Å². The molecule has 0 bridgehead atoms. The quantitative estimate of drug-likeness (QED) is 0.470. The van der Waals surface area contributed by atoms with Crippen molar-refractivity contribution in [1.82, 2.24) is 9.78 Å². The van der Waals surface area contributed by atoms with Gasteiger partial charge < -0.3 is 10.6 Å². The highest BCUT2D eigenvalue weighted by Crippen LogP contribution is 2.35. The van der Waals surface area contributed by atoms with Crippen LogP contribution in [0.4, 0.5) is 11.5 Å². The zero-order chi connectivity index (χ0) is 21.2. The lowest BCUT2D eigenvalue weighted by Gasteiger charge is -2.26. The fraction of sp³-hybridized carbons (Fsp3) is 0.0769. The molecule has 0 aliphatic carbocycles. The summed E-state index contributed by atoms with van der Waals surface area (Å²) in [6.07, 6.45) is 3.78. The first-order chi connectivity index (χ1) is 15.2. The molecule has 0 spiro atoms. The molecule has 2 heterocycles. The summed E-state index contributed by atoms with van der Waals surface area (Å²) in [6, 6.07) is 27.9. The highest BCUT2D eigenvalue weighted by Gasteiger charge is 2.27. The maximum atomic E-state index is 13.1. The van der Waals surface area contributed by atoms with Crippen LogP contribution in [0.15, 0.2) is 97.2 Å². The van der Waals surface area contributed by atoms with Crippen molar-refractivity contribution in [1.29, 1.82) is 0 Å². The van der Waals surface area contributed by atoms with Crippen LogP contribution in [0.5, 0.6) is 0 Å². The zero-order valence-corrected chi connectivity index (χ0v) is 17.1. The molecular formula is C26H22N4O. The first kappa shape index (κ1) is 18.9. The van der Waals surface area contributed by atoms with Crippen molar-refractivity contribution >= 4 is 23.1 Å². The SMILES string of the molecule is Cc1ccc([C@H]2C=C(c3ccccc3)Nc3c(C(=O)Nc4ccccc4)cnn32)cc1. The molecule has 5 nitrogen and oxygen atoms in total. The number of para-hydroxylation sites is 1. The lowest BCUT2D eigenvalue weighted by Crippen LogP contribution is -2.22. The van der Waals surface area contributed by atoms with Gasteiger partial charge in [0.05, 0.1) is 12.2 Å². The molecule has 1 amide bonds. The minimum atomic E-state index is -0.197. The van der Waals surface area contributed by atoms with Gasteiger partial charge in [-0.2, -0.15) is 5.10 Å². The summed E-state index contributed by atoms with van der Waals surface area (Å²) in [7, 11) is 0. The van der Waals surface area contributed by atoms with E-state index in [-0.39, 0.29) is 11.9 Å². The molecule has 5 heteroatoms. The van der Waals surface area contributed by atoms with Crippen LogP contribution in [0, 0.1) is 6.92 Å². The van der Waals surface area contributed by atoms with Crippen LogP contribution in [-0.2, 0) is 0 Å². The van der Waals surface area contributed by atoms with Crippen LogP contribution in [0.25, 0.3) is 5.70 Å². The number of hydrogen-bond acceptors (Lipinski definition) is 3. The van der Waals surface area contributed by atoms with Gasteiger partial charge in [-0.1, -0.05) is 78.4 Å². The van der Waals surface area contributed by atoms with E-state index in [9.17, 15) is 4.79 Å². The van der Waals surface area contributed by atoms with Gasteiger partial charge in [0.2, 0.25) is 0 Å². The Kier molecular flexibility index (Phi) is 4.84. The van der Waals surface area contributed by atoms with E-state index in [0.29, 0.717) is 11.4 Å². The average Bonchev–Trinajstić information content (AvgIpc) is 3.24. The Morgan fingerprint density at radius 3 is 2.32 bits per heavy atom. The summed E-state index contributed by atoms with van der Waals surface area (Å²) in [5, 5.41) is 11.0. The number of benzene rings is 3. The number of nitrogens with zero attached hydrogens (tertiary/aromatic N) is 2. The standard InChI is InChI=1S/C26H22N4O/c1-18-12-14-20(15-13-18)24-16-23(19-8-4-2-5-9-19)29-25-22(17-27-30(24)25)26(31)28-21-10-6-3-7-11-21/h2-17,24,29H,1H3,(H,28,31)/t24-/m1/s1. The Balaban J connectivity index is 1.56. The van der Waals surface area contributed by atoms with E-state index in [4.69, 9.17) is 0 Å². The number of anilines is 2. The second kappa shape index (κ2) is 7.95. The molecule has 5 rings (SSSR count). The van der Waals surface area contributed by atoms with Crippen molar-refractivity contribution in [3.63, 3.8) is 0 Å². The van der Waals surface area contributed by atoms with E-state index >= 15 is 0 Å². The zero-order valence-electron chi connectivity index (χ0n) is 17.1. The van der Waals surface area contributed by atoms with Gasteiger partial charge in [-0.05, 0) is 36.3 Å². The monoisotopic (exact) mass is 406 g/mol. The second-order valence-electron chi connectivity index (χ2n) is 7.60. The molecular weight excluding hydrogens is 384 g/mol. The van der Waals surface area contributed by atoms with Gasteiger partial charge >= 0.3 is 0 Å². The first-order valence-corrected chi connectivity index (χ1v) is 10.2. The number of rotatable bonds is 4. The molecule has 4 aromatic rings. The summed E-state index contributed by atoms with van der Waals surface area (Å²) in [5.41, 5.74) is 5.57. The van der Waals surface area contributed by atoms with Crippen LogP contribution >= 0.6 is 0 Å². The van der Waals surface area contributed by atoms with E-state index in [2.05, 4.69) is 65.1 Å². The Labute approximate surface area is 181 Å². The summed E-state index contributed by atoms with van der Waals surface area (Å²) >= 11 is 0. The average molecular weight is 406 g/mol.